The van der Waals surface area contributed by atoms with Crippen molar-refractivity contribution in [2.75, 3.05) is 6.54 Å². The van der Waals surface area contributed by atoms with Crippen molar-refractivity contribution < 1.29 is 20.1 Å². The van der Waals surface area contributed by atoms with Crippen LogP contribution in [0, 0.1) is 11.5 Å². The number of aromatic nitrogens is 1. The normalized spacial score (nSPS) is 17.1. The Hall–Kier alpha value is -1.44. The molecule has 0 unspecified atom stereocenters. The standard InChI is InChI=1S/C20H21N2.Ir/c1-20(2)11-6-12-21-19(20)14-9-10-16-15-7-4-5-8-17(15)22(3)18(16)13-14;/h4-5,7-8,10,13H,6,11-12H2,1-3H3;/q-1;. The van der Waals surface area contributed by atoms with Crippen LogP contribution in [0.25, 0.3) is 21.8 Å². The van der Waals surface area contributed by atoms with E-state index in [9.17, 15) is 0 Å². The van der Waals surface area contributed by atoms with Crippen LogP contribution in [0.15, 0.2) is 41.4 Å². The Balaban J connectivity index is 0.00000156. The number of para-hydroxylation sites is 1. The van der Waals surface area contributed by atoms with Crippen molar-refractivity contribution >= 4 is 27.5 Å². The van der Waals surface area contributed by atoms with Crippen molar-refractivity contribution in [3.05, 3.63) is 48.0 Å². The summed E-state index contributed by atoms with van der Waals surface area (Å²) in [7, 11) is 2.14. The van der Waals surface area contributed by atoms with Gasteiger partial charge in [0.15, 0.2) is 0 Å². The second kappa shape index (κ2) is 5.88. The summed E-state index contributed by atoms with van der Waals surface area (Å²) in [5, 5.41) is 2.57. The zero-order valence-electron chi connectivity index (χ0n) is 13.8. The molecule has 121 valence electrons. The Kier molecular flexibility index (Phi) is 4.20. The molecule has 0 amide bonds. The van der Waals surface area contributed by atoms with Crippen LogP contribution in [0.5, 0.6) is 0 Å². The molecule has 1 aliphatic rings. The number of hydrogen-bond acceptors (Lipinski definition) is 1. The second-order valence-corrected chi connectivity index (χ2v) is 6.94. The van der Waals surface area contributed by atoms with Gasteiger partial charge in [0.05, 0.1) is 0 Å². The number of fused-ring (bicyclic) bond motifs is 3. The summed E-state index contributed by atoms with van der Waals surface area (Å²) in [6, 6.07) is 16.5. The van der Waals surface area contributed by atoms with E-state index >= 15 is 0 Å². The summed E-state index contributed by atoms with van der Waals surface area (Å²) in [5.41, 5.74) is 5.05. The van der Waals surface area contributed by atoms with Crippen LogP contribution in [-0.2, 0) is 27.2 Å². The molecule has 0 N–H and O–H groups in total. The van der Waals surface area contributed by atoms with Gasteiger partial charge in [0.1, 0.15) is 0 Å². The predicted molar refractivity (Wildman–Crippen MR) is 93.7 cm³/mol. The third-order valence-electron chi connectivity index (χ3n) is 4.97. The van der Waals surface area contributed by atoms with Gasteiger partial charge in [-0.3, -0.25) is 0 Å². The summed E-state index contributed by atoms with van der Waals surface area (Å²) in [4.78, 5) is 4.82. The molecule has 2 aromatic carbocycles. The summed E-state index contributed by atoms with van der Waals surface area (Å²) < 4.78 is 2.28. The SMILES string of the molecule is Cn1c2ccccc2c2c[c-]c(C3=NCCCC3(C)C)cc21.[Ir]. The molecular formula is C20H21IrN2-. The molecular weight excluding hydrogens is 460 g/mol. The Labute approximate surface area is 151 Å². The zero-order valence-corrected chi connectivity index (χ0v) is 16.2. The molecule has 0 spiro atoms. The number of aliphatic imine (C=N–C) groups is 1. The molecule has 0 atom stereocenters. The Morgan fingerprint density at radius 1 is 1.13 bits per heavy atom. The third kappa shape index (κ3) is 2.56. The molecule has 1 radical (unpaired) electrons. The van der Waals surface area contributed by atoms with Crippen LogP contribution in [0.2, 0.25) is 0 Å². The molecule has 2 heterocycles. The van der Waals surface area contributed by atoms with Crippen LogP contribution in [0.3, 0.4) is 0 Å². The van der Waals surface area contributed by atoms with Gasteiger partial charge in [-0.05, 0) is 40.9 Å². The van der Waals surface area contributed by atoms with E-state index in [0.717, 1.165) is 12.1 Å². The molecule has 3 aromatic rings. The van der Waals surface area contributed by atoms with Crippen molar-refractivity contribution in [2.45, 2.75) is 26.7 Å². The number of nitrogens with zero attached hydrogens (tertiary/aromatic N) is 2. The van der Waals surface area contributed by atoms with Crippen molar-refractivity contribution in [3.8, 4) is 0 Å². The van der Waals surface area contributed by atoms with E-state index in [1.807, 2.05) is 0 Å². The van der Waals surface area contributed by atoms with E-state index in [-0.39, 0.29) is 25.5 Å². The molecule has 2 nitrogen and oxygen atoms in total. The molecule has 0 saturated heterocycles. The van der Waals surface area contributed by atoms with E-state index in [4.69, 9.17) is 4.99 Å². The Morgan fingerprint density at radius 2 is 1.91 bits per heavy atom. The topological polar surface area (TPSA) is 17.3 Å². The quantitative estimate of drug-likeness (QED) is 0.447. The molecule has 3 heteroatoms. The third-order valence-corrected chi connectivity index (χ3v) is 4.97. The molecule has 1 aliphatic heterocycles. The van der Waals surface area contributed by atoms with E-state index in [1.165, 1.54) is 40.4 Å². The van der Waals surface area contributed by atoms with Gasteiger partial charge in [-0.1, -0.05) is 37.4 Å². The van der Waals surface area contributed by atoms with Crippen LogP contribution in [0.4, 0.5) is 0 Å². The molecule has 0 aliphatic carbocycles. The zero-order chi connectivity index (χ0) is 15.3. The van der Waals surface area contributed by atoms with Gasteiger partial charge in [-0.25, -0.2) is 0 Å². The predicted octanol–water partition coefficient (Wildman–Crippen LogP) is 4.74. The fourth-order valence-electron chi connectivity index (χ4n) is 3.73. The first-order chi connectivity index (χ1) is 10.6. The maximum atomic E-state index is 4.82. The minimum Gasteiger partial charge on any atom is -0.361 e. The second-order valence-electron chi connectivity index (χ2n) is 6.94. The summed E-state index contributed by atoms with van der Waals surface area (Å²) in [6.07, 6.45) is 2.39. The Morgan fingerprint density at radius 3 is 2.70 bits per heavy atom. The van der Waals surface area contributed by atoms with Gasteiger partial charge in [0, 0.05) is 39.2 Å². The average molecular weight is 482 g/mol. The van der Waals surface area contributed by atoms with Gasteiger partial charge < -0.3 is 9.56 Å². The van der Waals surface area contributed by atoms with Crippen LogP contribution < -0.4 is 0 Å². The molecule has 23 heavy (non-hydrogen) atoms. The van der Waals surface area contributed by atoms with Gasteiger partial charge in [-0.15, -0.1) is 23.8 Å². The van der Waals surface area contributed by atoms with Crippen molar-refractivity contribution in [1.29, 1.82) is 0 Å². The fraction of sp³-hybridized carbons (Fsp3) is 0.350. The largest absolute Gasteiger partial charge is 0.361 e. The van der Waals surface area contributed by atoms with Crippen LogP contribution in [-0.4, -0.2) is 16.8 Å². The summed E-state index contributed by atoms with van der Waals surface area (Å²) >= 11 is 0. The number of hydrogen-bond donors (Lipinski definition) is 0. The van der Waals surface area contributed by atoms with E-state index < -0.39 is 0 Å². The average Bonchev–Trinajstić information content (AvgIpc) is 2.80. The first-order valence-corrected chi connectivity index (χ1v) is 8.02. The number of aryl methyl sites for hydroxylation is 1. The smallest absolute Gasteiger partial charge is 0.0380 e. The van der Waals surface area contributed by atoms with Gasteiger partial charge in [0.25, 0.3) is 0 Å². The molecule has 0 bridgehead atoms. The van der Waals surface area contributed by atoms with Crippen LogP contribution >= 0.6 is 0 Å². The Bertz CT molecular complexity index is 903. The van der Waals surface area contributed by atoms with Crippen molar-refractivity contribution in [1.82, 2.24) is 4.57 Å². The maximum absolute atomic E-state index is 4.82. The monoisotopic (exact) mass is 482 g/mol. The fourth-order valence-corrected chi connectivity index (χ4v) is 3.73. The van der Waals surface area contributed by atoms with Gasteiger partial charge in [-0.2, -0.15) is 0 Å². The van der Waals surface area contributed by atoms with Gasteiger partial charge >= 0.3 is 0 Å². The summed E-state index contributed by atoms with van der Waals surface area (Å²) in [5.74, 6) is 0. The van der Waals surface area contributed by atoms with Crippen LogP contribution in [0.1, 0.15) is 32.3 Å². The first kappa shape index (κ1) is 16.4. The maximum Gasteiger partial charge on any atom is 0.0380 e. The van der Waals surface area contributed by atoms with E-state index in [0.29, 0.717) is 0 Å². The minimum atomic E-state index is 0. The molecule has 4 rings (SSSR count). The number of rotatable bonds is 1. The van der Waals surface area contributed by atoms with Gasteiger partial charge in [0.2, 0.25) is 0 Å². The van der Waals surface area contributed by atoms with E-state index in [2.05, 4.69) is 67.9 Å². The molecule has 0 fully saturated rings. The molecule has 1 aromatic heterocycles. The van der Waals surface area contributed by atoms with E-state index in [1.54, 1.807) is 0 Å². The minimum absolute atomic E-state index is 0. The first-order valence-electron chi connectivity index (χ1n) is 8.02. The number of benzene rings is 2. The van der Waals surface area contributed by atoms with Crippen molar-refractivity contribution in [3.63, 3.8) is 0 Å². The molecule has 0 saturated carbocycles. The van der Waals surface area contributed by atoms with Crippen molar-refractivity contribution in [2.24, 2.45) is 17.5 Å². The summed E-state index contributed by atoms with van der Waals surface area (Å²) in [6.45, 7) is 5.54.